The van der Waals surface area contributed by atoms with Crippen LogP contribution in [0.1, 0.15) is 50.3 Å². The number of hydrogen-bond acceptors (Lipinski definition) is 3. The van der Waals surface area contributed by atoms with Gasteiger partial charge in [0.05, 0.1) is 0 Å². The Labute approximate surface area is 122 Å². The second kappa shape index (κ2) is 6.38. The molecule has 0 amide bonds. The molecule has 1 aromatic heterocycles. The van der Waals surface area contributed by atoms with Gasteiger partial charge in [0.2, 0.25) is 0 Å². The fourth-order valence-electron chi connectivity index (χ4n) is 2.63. The van der Waals surface area contributed by atoms with E-state index in [0.717, 1.165) is 6.54 Å². The van der Waals surface area contributed by atoms with Gasteiger partial charge in [-0.05, 0) is 43.5 Å². The number of rotatable bonds is 4. The van der Waals surface area contributed by atoms with Gasteiger partial charge in [-0.15, -0.1) is 11.3 Å². The van der Waals surface area contributed by atoms with Gasteiger partial charge >= 0.3 is 0 Å². The zero-order chi connectivity index (χ0) is 13.9. The van der Waals surface area contributed by atoms with Crippen molar-refractivity contribution in [2.24, 2.45) is 0 Å². The number of thiophene rings is 1. The topological polar surface area (TPSA) is 15.3 Å². The average Bonchev–Trinajstić information content (AvgIpc) is 2.85. The lowest BCUT2D eigenvalue weighted by Gasteiger charge is -2.32. The van der Waals surface area contributed by atoms with Gasteiger partial charge in [0, 0.05) is 28.9 Å². The molecule has 0 aromatic carbocycles. The summed E-state index contributed by atoms with van der Waals surface area (Å²) in [6, 6.07) is 5.26. The summed E-state index contributed by atoms with van der Waals surface area (Å²) in [5, 5.41) is 3.74. The molecular formula is C16H28N2S. The molecule has 3 heteroatoms. The molecule has 2 rings (SSSR count). The minimum Gasteiger partial charge on any atom is -0.308 e. The molecule has 1 aliphatic rings. The molecule has 0 spiro atoms. The van der Waals surface area contributed by atoms with Gasteiger partial charge in [0.1, 0.15) is 0 Å². The van der Waals surface area contributed by atoms with Crippen molar-refractivity contribution >= 4 is 11.3 Å². The molecule has 0 radical (unpaired) electrons. The standard InChI is InChI=1S/C16H28N2S/c1-5-18-10-6-7-13(12-18)17-11-14-8-9-15(19-14)16(2,3)4/h8-9,13,17H,5-7,10-12H2,1-4H3. The first-order valence-electron chi connectivity index (χ1n) is 7.54. The summed E-state index contributed by atoms with van der Waals surface area (Å²) in [6.07, 6.45) is 2.66. The van der Waals surface area contributed by atoms with Crippen molar-refractivity contribution in [3.63, 3.8) is 0 Å². The van der Waals surface area contributed by atoms with Crippen molar-refractivity contribution in [2.75, 3.05) is 19.6 Å². The Morgan fingerprint density at radius 2 is 2.16 bits per heavy atom. The fraction of sp³-hybridized carbons (Fsp3) is 0.750. The Morgan fingerprint density at radius 3 is 2.79 bits per heavy atom. The minimum atomic E-state index is 0.284. The maximum absolute atomic E-state index is 3.74. The van der Waals surface area contributed by atoms with E-state index in [4.69, 9.17) is 0 Å². The van der Waals surface area contributed by atoms with Crippen molar-refractivity contribution in [1.29, 1.82) is 0 Å². The van der Waals surface area contributed by atoms with Crippen LogP contribution in [0.3, 0.4) is 0 Å². The van der Waals surface area contributed by atoms with E-state index in [9.17, 15) is 0 Å². The first-order chi connectivity index (χ1) is 8.99. The minimum absolute atomic E-state index is 0.284. The largest absolute Gasteiger partial charge is 0.308 e. The maximum Gasteiger partial charge on any atom is 0.0302 e. The molecule has 1 fully saturated rings. The average molecular weight is 280 g/mol. The van der Waals surface area contributed by atoms with E-state index in [1.165, 1.54) is 42.2 Å². The van der Waals surface area contributed by atoms with Crippen LogP contribution in [0.4, 0.5) is 0 Å². The number of hydrogen-bond donors (Lipinski definition) is 1. The van der Waals surface area contributed by atoms with Crippen LogP contribution in [-0.4, -0.2) is 30.6 Å². The molecule has 0 saturated carbocycles. The molecule has 0 aliphatic carbocycles. The number of likely N-dealkylation sites (N-methyl/N-ethyl adjacent to an activating group) is 1. The van der Waals surface area contributed by atoms with Crippen LogP contribution >= 0.6 is 11.3 Å². The van der Waals surface area contributed by atoms with Gasteiger partial charge < -0.3 is 10.2 Å². The highest BCUT2D eigenvalue weighted by atomic mass is 32.1. The van der Waals surface area contributed by atoms with Crippen molar-refractivity contribution in [3.8, 4) is 0 Å². The summed E-state index contributed by atoms with van der Waals surface area (Å²) in [5.41, 5.74) is 0.284. The van der Waals surface area contributed by atoms with Crippen LogP contribution in [0.15, 0.2) is 12.1 Å². The Kier molecular flexibility index (Phi) is 5.04. The van der Waals surface area contributed by atoms with Crippen molar-refractivity contribution < 1.29 is 0 Å². The second-order valence-electron chi connectivity index (χ2n) is 6.63. The summed E-state index contributed by atoms with van der Waals surface area (Å²) in [4.78, 5) is 5.51. The Balaban J connectivity index is 1.83. The third-order valence-corrected chi connectivity index (χ3v) is 5.43. The third-order valence-electron chi connectivity index (χ3n) is 3.92. The molecule has 1 aromatic rings. The van der Waals surface area contributed by atoms with E-state index >= 15 is 0 Å². The summed E-state index contributed by atoms with van der Waals surface area (Å²) in [5.74, 6) is 0. The van der Waals surface area contributed by atoms with E-state index in [0.29, 0.717) is 6.04 Å². The lowest BCUT2D eigenvalue weighted by Crippen LogP contribution is -2.45. The monoisotopic (exact) mass is 280 g/mol. The van der Waals surface area contributed by atoms with Crippen LogP contribution in [0, 0.1) is 0 Å². The maximum atomic E-state index is 3.74. The molecule has 19 heavy (non-hydrogen) atoms. The fourth-order valence-corrected chi connectivity index (χ4v) is 3.65. The van der Waals surface area contributed by atoms with Crippen molar-refractivity contribution in [2.45, 2.75) is 58.5 Å². The Morgan fingerprint density at radius 1 is 1.37 bits per heavy atom. The van der Waals surface area contributed by atoms with Crippen LogP contribution in [0.25, 0.3) is 0 Å². The Hall–Kier alpha value is -0.380. The van der Waals surface area contributed by atoms with Gasteiger partial charge in [-0.3, -0.25) is 0 Å². The third kappa shape index (κ3) is 4.30. The highest BCUT2D eigenvalue weighted by Crippen LogP contribution is 2.29. The smallest absolute Gasteiger partial charge is 0.0302 e. The zero-order valence-electron chi connectivity index (χ0n) is 12.8. The molecule has 0 bridgehead atoms. The van der Waals surface area contributed by atoms with Crippen molar-refractivity contribution in [3.05, 3.63) is 21.9 Å². The quantitative estimate of drug-likeness (QED) is 0.906. The van der Waals surface area contributed by atoms with E-state index in [-0.39, 0.29) is 5.41 Å². The zero-order valence-corrected chi connectivity index (χ0v) is 13.6. The molecule has 1 saturated heterocycles. The predicted molar refractivity (Wildman–Crippen MR) is 85.0 cm³/mol. The lowest BCUT2D eigenvalue weighted by atomic mass is 9.95. The predicted octanol–water partition coefficient (Wildman–Crippen LogP) is 3.62. The summed E-state index contributed by atoms with van der Waals surface area (Å²) in [7, 11) is 0. The molecular weight excluding hydrogens is 252 g/mol. The van der Waals surface area contributed by atoms with Crippen LogP contribution < -0.4 is 5.32 Å². The highest BCUT2D eigenvalue weighted by Gasteiger charge is 2.19. The molecule has 108 valence electrons. The van der Waals surface area contributed by atoms with E-state index < -0.39 is 0 Å². The Bertz CT molecular complexity index is 392. The molecule has 1 aliphatic heterocycles. The molecule has 1 atom stereocenters. The summed E-state index contributed by atoms with van der Waals surface area (Å²) < 4.78 is 0. The highest BCUT2D eigenvalue weighted by molar-refractivity contribution is 7.12. The van der Waals surface area contributed by atoms with E-state index in [2.05, 4.69) is 50.0 Å². The number of nitrogens with zero attached hydrogens (tertiary/aromatic N) is 1. The summed E-state index contributed by atoms with van der Waals surface area (Å²) >= 11 is 1.96. The molecule has 2 nitrogen and oxygen atoms in total. The molecule has 1 unspecified atom stereocenters. The van der Waals surface area contributed by atoms with E-state index in [1.54, 1.807) is 0 Å². The van der Waals surface area contributed by atoms with E-state index in [1.807, 2.05) is 11.3 Å². The number of piperidine rings is 1. The van der Waals surface area contributed by atoms with Crippen LogP contribution in [0.5, 0.6) is 0 Å². The van der Waals surface area contributed by atoms with Gasteiger partial charge in [0.15, 0.2) is 0 Å². The first-order valence-corrected chi connectivity index (χ1v) is 8.35. The van der Waals surface area contributed by atoms with Gasteiger partial charge in [0.25, 0.3) is 0 Å². The summed E-state index contributed by atoms with van der Waals surface area (Å²) in [6.45, 7) is 13.8. The lowest BCUT2D eigenvalue weighted by molar-refractivity contribution is 0.198. The molecule has 1 N–H and O–H groups in total. The van der Waals surface area contributed by atoms with Crippen molar-refractivity contribution in [1.82, 2.24) is 10.2 Å². The van der Waals surface area contributed by atoms with Crippen LogP contribution in [-0.2, 0) is 12.0 Å². The SMILES string of the molecule is CCN1CCCC(NCc2ccc(C(C)(C)C)s2)C1. The number of nitrogens with one attached hydrogen (secondary N) is 1. The second-order valence-corrected chi connectivity index (χ2v) is 7.80. The normalized spacial score (nSPS) is 21.8. The van der Waals surface area contributed by atoms with Gasteiger partial charge in [-0.2, -0.15) is 0 Å². The number of likely N-dealkylation sites (tertiary alicyclic amines) is 1. The van der Waals surface area contributed by atoms with Crippen LogP contribution in [0.2, 0.25) is 0 Å². The van der Waals surface area contributed by atoms with Gasteiger partial charge in [-0.1, -0.05) is 27.7 Å². The first kappa shape index (κ1) is 15.0. The van der Waals surface area contributed by atoms with Gasteiger partial charge in [-0.25, -0.2) is 0 Å². The molecule has 2 heterocycles.